The van der Waals surface area contributed by atoms with Crippen LogP contribution in [0, 0.1) is 11.8 Å². The summed E-state index contributed by atoms with van der Waals surface area (Å²) in [6.07, 6.45) is 10.2. The van der Waals surface area contributed by atoms with Gasteiger partial charge in [-0.2, -0.15) is 0 Å². The number of halogens is 1. The number of nitrogens with one attached hydrogen (secondary N) is 1. The van der Waals surface area contributed by atoms with Crippen molar-refractivity contribution in [1.29, 1.82) is 0 Å². The molecule has 3 aliphatic carbocycles. The molecule has 0 unspecified atom stereocenters. The normalized spacial score (nSPS) is 26.4. The highest BCUT2D eigenvalue weighted by atomic mass is 35.5. The zero-order chi connectivity index (χ0) is 31.8. The first-order valence-corrected chi connectivity index (χ1v) is 17.1. The highest BCUT2D eigenvalue weighted by Crippen LogP contribution is 2.56. The topological polar surface area (TPSA) is 74.7 Å². The van der Waals surface area contributed by atoms with E-state index in [0.717, 1.165) is 50.1 Å². The third-order valence-corrected chi connectivity index (χ3v) is 11.1. The first kappa shape index (κ1) is 31.9. The Kier molecular flexibility index (Phi) is 9.18. The summed E-state index contributed by atoms with van der Waals surface area (Å²) in [5.41, 5.74) is 6.39. The number of aryl methyl sites for hydroxylation is 1. The monoisotopic (exact) mass is 629 g/mol. The van der Waals surface area contributed by atoms with Crippen molar-refractivity contribution in [2.24, 2.45) is 11.8 Å². The van der Waals surface area contributed by atoms with Crippen LogP contribution in [-0.2, 0) is 29.6 Å². The number of carboxylic acid groups (broad SMARTS) is 1. The van der Waals surface area contributed by atoms with E-state index >= 15 is 0 Å². The number of aromatic nitrogens is 1. The van der Waals surface area contributed by atoms with E-state index in [1.807, 2.05) is 36.5 Å². The van der Waals surface area contributed by atoms with Crippen LogP contribution in [0.1, 0.15) is 92.7 Å². The maximum absolute atomic E-state index is 12.9. The van der Waals surface area contributed by atoms with Gasteiger partial charge in [-0.05, 0) is 136 Å². The number of nitrogens with zero attached hydrogens (tertiary/aromatic N) is 2. The SMILES string of the molecule is C[C@@H](COc1ccnc2c1[C@H](C)CCC2)C[C@H]1Cc2ccc(CN(C)C)cc2C12CCC(Nc1cccc(Cl)c1)(C(=O)O)CC2. The van der Waals surface area contributed by atoms with Crippen LogP contribution in [0.25, 0.3) is 0 Å². The predicted molar refractivity (Wildman–Crippen MR) is 181 cm³/mol. The summed E-state index contributed by atoms with van der Waals surface area (Å²) in [4.78, 5) is 19.7. The predicted octanol–water partition coefficient (Wildman–Crippen LogP) is 8.26. The molecule has 3 atom stereocenters. The minimum atomic E-state index is -1.02. The fourth-order valence-electron chi connectivity index (χ4n) is 8.61. The fourth-order valence-corrected chi connectivity index (χ4v) is 8.80. The summed E-state index contributed by atoms with van der Waals surface area (Å²) < 4.78 is 6.56. The summed E-state index contributed by atoms with van der Waals surface area (Å²) in [6, 6.07) is 16.5. The van der Waals surface area contributed by atoms with Gasteiger partial charge >= 0.3 is 5.97 Å². The quantitative estimate of drug-likeness (QED) is 0.235. The van der Waals surface area contributed by atoms with Crippen LogP contribution in [0.15, 0.2) is 54.7 Å². The lowest BCUT2D eigenvalue weighted by Gasteiger charge is -2.47. The van der Waals surface area contributed by atoms with Gasteiger partial charge in [0, 0.05) is 34.7 Å². The zero-order valence-corrected chi connectivity index (χ0v) is 28.0. The van der Waals surface area contributed by atoms with E-state index < -0.39 is 11.5 Å². The molecule has 1 aromatic heterocycles. The number of hydrogen-bond acceptors (Lipinski definition) is 5. The van der Waals surface area contributed by atoms with E-state index in [-0.39, 0.29) is 5.41 Å². The van der Waals surface area contributed by atoms with E-state index in [0.29, 0.717) is 42.2 Å². The van der Waals surface area contributed by atoms with Crippen LogP contribution < -0.4 is 10.1 Å². The molecule has 3 aliphatic rings. The lowest BCUT2D eigenvalue weighted by molar-refractivity contribution is -0.144. The van der Waals surface area contributed by atoms with Crippen molar-refractivity contribution in [2.45, 2.75) is 95.1 Å². The maximum atomic E-state index is 12.9. The summed E-state index contributed by atoms with van der Waals surface area (Å²) in [7, 11) is 4.22. The molecule has 45 heavy (non-hydrogen) atoms. The van der Waals surface area contributed by atoms with Gasteiger partial charge in [-0.15, -0.1) is 0 Å². The van der Waals surface area contributed by atoms with E-state index in [1.54, 1.807) is 0 Å². The number of anilines is 1. The van der Waals surface area contributed by atoms with Crippen LogP contribution in [-0.4, -0.2) is 47.2 Å². The number of rotatable bonds is 10. The molecule has 0 amide bonds. The zero-order valence-electron chi connectivity index (χ0n) is 27.2. The molecular formula is C38H48ClN3O3. The third-order valence-electron chi connectivity index (χ3n) is 10.9. The lowest BCUT2D eigenvalue weighted by atomic mass is 9.59. The Labute approximate surface area is 273 Å². The van der Waals surface area contributed by atoms with Crippen LogP contribution in [0.5, 0.6) is 5.75 Å². The van der Waals surface area contributed by atoms with Gasteiger partial charge in [0.2, 0.25) is 0 Å². The third kappa shape index (κ3) is 6.46. The minimum Gasteiger partial charge on any atom is -0.493 e. The molecule has 2 aromatic carbocycles. The van der Waals surface area contributed by atoms with Crippen LogP contribution in [0.4, 0.5) is 5.69 Å². The molecule has 3 aromatic rings. The number of fused-ring (bicyclic) bond motifs is 3. The molecule has 6 rings (SSSR count). The minimum absolute atomic E-state index is 0.0504. The number of aliphatic carboxylic acids is 1. The van der Waals surface area contributed by atoms with Crippen molar-refractivity contribution in [2.75, 3.05) is 26.0 Å². The van der Waals surface area contributed by atoms with E-state index in [9.17, 15) is 9.90 Å². The fraction of sp³-hybridized carbons (Fsp3) is 0.526. The molecule has 0 radical (unpaired) electrons. The Morgan fingerprint density at radius 3 is 2.69 bits per heavy atom. The van der Waals surface area contributed by atoms with Gasteiger partial charge in [-0.1, -0.05) is 49.7 Å². The van der Waals surface area contributed by atoms with E-state index in [2.05, 4.69) is 61.3 Å². The van der Waals surface area contributed by atoms with Gasteiger partial charge in [-0.3, -0.25) is 4.98 Å². The van der Waals surface area contributed by atoms with Gasteiger partial charge in [-0.25, -0.2) is 4.79 Å². The first-order valence-electron chi connectivity index (χ1n) is 16.7. The molecule has 6 nitrogen and oxygen atoms in total. The second-order valence-electron chi connectivity index (χ2n) is 14.4. The number of carbonyl (C=O) groups is 1. The molecule has 240 valence electrons. The van der Waals surface area contributed by atoms with Crippen molar-refractivity contribution in [3.05, 3.63) is 87.7 Å². The Morgan fingerprint density at radius 1 is 1.16 bits per heavy atom. The van der Waals surface area contributed by atoms with Crippen LogP contribution >= 0.6 is 11.6 Å². The standard InChI is InChI=1S/C38H48ClN3O3/c1-25(24-45-34-13-18-40-33-10-5-7-26(2)35(33)34)19-29-21-28-12-11-27(23-42(3)4)20-32(28)37(29)14-16-38(17-15-37,36(43)44)41-31-9-6-8-30(39)22-31/h6,8-9,11-13,18,20,22,25-26,29,41H,5,7,10,14-17,19,21,23-24H2,1-4H3,(H,43,44)/t25-,26-,29+,37?,38?/m1/s1. The molecule has 1 heterocycles. The Morgan fingerprint density at radius 2 is 1.96 bits per heavy atom. The number of hydrogen-bond donors (Lipinski definition) is 2. The van der Waals surface area contributed by atoms with Crippen molar-refractivity contribution >= 4 is 23.3 Å². The molecule has 0 saturated heterocycles. The van der Waals surface area contributed by atoms with Gasteiger partial charge < -0.3 is 20.1 Å². The maximum Gasteiger partial charge on any atom is 0.329 e. The van der Waals surface area contributed by atoms with E-state index in [1.165, 1.54) is 40.8 Å². The highest BCUT2D eigenvalue weighted by molar-refractivity contribution is 6.30. The molecule has 7 heteroatoms. The van der Waals surface area contributed by atoms with Gasteiger partial charge in [0.1, 0.15) is 11.3 Å². The molecule has 1 saturated carbocycles. The average Bonchev–Trinajstić information content (AvgIpc) is 3.28. The largest absolute Gasteiger partial charge is 0.493 e. The number of ether oxygens (including phenoxy) is 1. The highest BCUT2D eigenvalue weighted by Gasteiger charge is 2.54. The summed E-state index contributed by atoms with van der Waals surface area (Å²) >= 11 is 6.26. The first-order chi connectivity index (χ1) is 21.6. The second-order valence-corrected chi connectivity index (χ2v) is 14.9. The molecule has 0 aliphatic heterocycles. The molecular weight excluding hydrogens is 582 g/mol. The number of pyridine rings is 1. The van der Waals surface area contributed by atoms with Crippen molar-refractivity contribution in [3.8, 4) is 5.75 Å². The molecule has 2 N–H and O–H groups in total. The summed E-state index contributed by atoms with van der Waals surface area (Å²) in [5.74, 6) is 1.50. The Bertz CT molecular complexity index is 1530. The molecule has 1 fully saturated rings. The number of benzene rings is 2. The Balaban J connectivity index is 1.24. The van der Waals surface area contributed by atoms with Crippen LogP contribution in [0.2, 0.25) is 5.02 Å². The molecule has 1 spiro atoms. The van der Waals surface area contributed by atoms with Crippen molar-refractivity contribution in [3.63, 3.8) is 0 Å². The average molecular weight is 630 g/mol. The van der Waals surface area contributed by atoms with Gasteiger partial charge in [0.25, 0.3) is 0 Å². The molecule has 0 bridgehead atoms. The van der Waals surface area contributed by atoms with Gasteiger partial charge in [0.05, 0.1) is 6.61 Å². The van der Waals surface area contributed by atoms with Crippen molar-refractivity contribution < 1.29 is 14.6 Å². The van der Waals surface area contributed by atoms with Crippen molar-refractivity contribution in [1.82, 2.24) is 9.88 Å². The van der Waals surface area contributed by atoms with E-state index in [4.69, 9.17) is 16.3 Å². The van der Waals surface area contributed by atoms with Crippen LogP contribution in [0.3, 0.4) is 0 Å². The summed E-state index contributed by atoms with van der Waals surface area (Å²) in [5, 5.41) is 14.6. The summed E-state index contributed by atoms with van der Waals surface area (Å²) in [6.45, 7) is 6.17. The smallest absolute Gasteiger partial charge is 0.329 e. The Hall–Kier alpha value is -3.09. The number of carboxylic acids is 1. The second kappa shape index (κ2) is 13.0. The lowest BCUT2D eigenvalue weighted by Crippen LogP contribution is -2.53. The van der Waals surface area contributed by atoms with Gasteiger partial charge in [0.15, 0.2) is 0 Å².